The third kappa shape index (κ3) is 3.01. The largest absolute Gasteiger partial charge is 0.506 e. The number of H-pyrrole nitrogens is 1. The van der Waals surface area contributed by atoms with Gasteiger partial charge < -0.3 is 24.4 Å². The number of ether oxygens (including phenoxy) is 3. The molecule has 1 aliphatic rings. The highest BCUT2D eigenvalue weighted by Gasteiger charge is 2.35. The lowest BCUT2D eigenvalue weighted by atomic mass is 10.00. The number of hydrogen-bond donors (Lipinski definition) is 3. The molecule has 30 heavy (non-hydrogen) atoms. The van der Waals surface area contributed by atoms with Crippen LogP contribution in [0.4, 0.5) is 0 Å². The number of pyridine rings is 1. The van der Waals surface area contributed by atoms with Crippen molar-refractivity contribution >= 4 is 12.2 Å². The van der Waals surface area contributed by atoms with Gasteiger partial charge in [-0.25, -0.2) is 0 Å². The first kappa shape index (κ1) is 19.9. The standard InChI is InChI=1S/C20H19N3O6S/c1-9-16(24)14-10(7-21-9)8-29-17(14)15-18(25)22-20(30)23(19(15)26)12-6-11(27-2)4-5-13(12)28-3/h4-7,17,24,26H,8H2,1-3H3,(H,22,25,30). The number of aromatic amines is 1. The zero-order valence-corrected chi connectivity index (χ0v) is 17.2. The van der Waals surface area contributed by atoms with Gasteiger partial charge in [0, 0.05) is 23.4 Å². The fraction of sp³-hybridized carbons (Fsp3) is 0.250. The topological polar surface area (TPSA) is 119 Å². The molecule has 9 nitrogen and oxygen atoms in total. The predicted octanol–water partition coefficient (Wildman–Crippen LogP) is 2.65. The summed E-state index contributed by atoms with van der Waals surface area (Å²) in [5.41, 5.74) is 1.07. The average Bonchev–Trinajstić information content (AvgIpc) is 3.14. The molecule has 156 valence electrons. The number of aromatic nitrogens is 3. The van der Waals surface area contributed by atoms with Gasteiger partial charge in [0.05, 0.1) is 32.2 Å². The molecule has 0 spiro atoms. The summed E-state index contributed by atoms with van der Waals surface area (Å²) in [6, 6.07) is 4.97. The molecular formula is C20H19N3O6S. The highest BCUT2D eigenvalue weighted by molar-refractivity contribution is 7.71. The van der Waals surface area contributed by atoms with Crippen molar-refractivity contribution in [2.45, 2.75) is 19.6 Å². The molecule has 0 radical (unpaired) electrons. The molecule has 1 aliphatic heterocycles. The summed E-state index contributed by atoms with van der Waals surface area (Å²) >= 11 is 5.31. The SMILES string of the molecule is COc1ccc(OC)c(-n2c(O)c(C3OCc4cnc(C)c(O)c43)c(=O)[nH]c2=S)c1. The van der Waals surface area contributed by atoms with E-state index in [4.69, 9.17) is 26.4 Å². The van der Waals surface area contributed by atoms with Gasteiger partial charge in [0.2, 0.25) is 5.88 Å². The minimum Gasteiger partial charge on any atom is -0.506 e. The summed E-state index contributed by atoms with van der Waals surface area (Å²) in [5, 5.41) is 21.7. The molecule has 0 fully saturated rings. The van der Waals surface area contributed by atoms with Gasteiger partial charge >= 0.3 is 0 Å². The second kappa shape index (κ2) is 7.47. The number of nitrogens with zero attached hydrogens (tertiary/aromatic N) is 2. The van der Waals surface area contributed by atoms with Gasteiger partial charge in [-0.2, -0.15) is 0 Å². The molecule has 0 bridgehead atoms. The lowest BCUT2D eigenvalue weighted by Crippen LogP contribution is -2.22. The number of rotatable bonds is 4. The fourth-order valence-electron chi connectivity index (χ4n) is 3.51. The Morgan fingerprint density at radius 2 is 2.03 bits per heavy atom. The smallest absolute Gasteiger partial charge is 0.261 e. The second-order valence-electron chi connectivity index (χ2n) is 6.69. The van der Waals surface area contributed by atoms with Gasteiger partial charge in [-0.15, -0.1) is 0 Å². The van der Waals surface area contributed by atoms with E-state index in [1.807, 2.05) is 0 Å². The minimum atomic E-state index is -0.996. The monoisotopic (exact) mass is 429 g/mol. The van der Waals surface area contributed by atoms with Crippen LogP contribution in [0.2, 0.25) is 0 Å². The number of nitrogens with one attached hydrogen (secondary N) is 1. The van der Waals surface area contributed by atoms with E-state index >= 15 is 0 Å². The minimum absolute atomic E-state index is 0.0406. The number of aryl methyl sites for hydroxylation is 1. The third-order valence-corrected chi connectivity index (χ3v) is 5.32. The summed E-state index contributed by atoms with van der Waals surface area (Å²) in [5.74, 6) is 0.390. The van der Waals surface area contributed by atoms with Crippen LogP contribution in [-0.4, -0.2) is 39.0 Å². The number of methoxy groups -OCH3 is 2. The van der Waals surface area contributed by atoms with E-state index in [9.17, 15) is 15.0 Å². The molecule has 1 aromatic carbocycles. The molecule has 0 aliphatic carbocycles. The maximum Gasteiger partial charge on any atom is 0.261 e. The number of benzene rings is 1. The molecule has 3 heterocycles. The molecule has 3 aromatic rings. The van der Waals surface area contributed by atoms with Crippen molar-refractivity contribution in [3.05, 3.63) is 61.9 Å². The molecule has 0 saturated heterocycles. The zero-order chi connectivity index (χ0) is 21.6. The summed E-state index contributed by atoms with van der Waals surface area (Å²) in [4.78, 5) is 19.5. The van der Waals surface area contributed by atoms with Crippen LogP contribution in [0.3, 0.4) is 0 Å². The van der Waals surface area contributed by atoms with E-state index in [2.05, 4.69) is 9.97 Å². The highest BCUT2D eigenvalue weighted by Crippen LogP contribution is 2.43. The first-order valence-corrected chi connectivity index (χ1v) is 9.37. The van der Waals surface area contributed by atoms with Crippen molar-refractivity contribution in [2.75, 3.05) is 14.2 Å². The summed E-state index contributed by atoms with van der Waals surface area (Å²) < 4.78 is 17.6. The fourth-order valence-corrected chi connectivity index (χ4v) is 3.79. The van der Waals surface area contributed by atoms with Crippen molar-refractivity contribution in [3.8, 4) is 28.8 Å². The third-order valence-electron chi connectivity index (χ3n) is 5.04. The van der Waals surface area contributed by atoms with Gasteiger partial charge in [-0.05, 0) is 31.3 Å². The van der Waals surface area contributed by atoms with E-state index in [0.717, 1.165) is 0 Å². The van der Waals surface area contributed by atoms with E-state index < -0.39 is 17.5 Å². The molecular weight excluding hydrogens is 410 g/mol. The van der Waals surface area contributed by atoms with E-state index in [1.54, 1.807) is 31.3 Å². The van der Waals surface area contributed by atoms with Gasteiger partial charge in [0.15, 0.2) is 4.77 Å². The Morgan fingerprint density at radius 1 is 1.27 bits per heavy atom. The van der Waals surface area contributed by atoms with Crippen molar-refractivity contribution in [1.82, 2.24) is 14.5 Å². The van der Waals surface area contributed by atoms with Crippen molar-refractivity contribution in [2.24, 2.45) is 0 Å². The van der Waals surface area contributed by atoms with Gasteiger partial charge in [-0.3, -0.25) is 19.3 Å². The molecule has 2 aromatic heterocycles. The number of fused-ring (bicyclic) bond motifs is 1. The molecule has 1 unspecified atom stereocenters. The van der Waals surface area contributed by atoms with Crippen molar-refractivity contribution < 1.29 is 24.4 Å². The summed E-state index contributed by atoms with van der Waals surface area (Å²) in [6.45, 7) is 1.78. The van der Waals surface area contributed by atoms with E-state index in [1.165, 1.54) is 18.8 Å². The Bertz CT molecular complexity index is 1270. The lowest BCUT2D eigenvalue weighted by Gasteiger charge is -2.19. The molecule has 0 saturated carbocycles. The van der Waals surface area contributed by atoms with Crippen LogP contribution in [0.1, 0.15) is 28.5 Å². The van der Waals surface area contributed by atoms with Crippen molar-refractivity contribution in [3.63, 3.8) is 0 Å². The number of aromatic hydroxyl groups is 2. The van der Waals surface area contributed by atoms with Crippen LogP contribution in [0.5, 0.6) is 23.1 Å². The molecule has 10 heteroatoms. The normalized spacial score (nSPS) is 15.1. The zero-order valence-electron chi connectivity index (χ0n) is 16.4. The average molecular weight is 429 g/mol. The lowest BCUT2D eigenvalue weighted by molar-refractivity contribution is 0.0892. The van der Waals surface area contributed by atoms with Gasteiger partial charge in [0.1, 0.15) is 28.9 Å². The van der Waals surface area contributed by atoms with Crippen LogP contribution >= 0.6 is 12.2 Å². The quantitative estimate of drug-likeness (QED) is 0.542. The Kier molecular flexibility index (Phi) is 4.96. The van der Waals surface area contributed by atoms with Gasteiger partial charge in [-0.1, -0.05) is 0 Å². The summed E-state index contributed by atoms with van der Waals surface area (Å²) in [6.07, 6.45) is 0.583. The Balaban J connectivity index is 1.99. The van der Waals surface area contributed by atoms with E-state index in [-0.39, 0.29) is 22.7 Å². The van der Waals surface area contributed by atoms with Crippen LogP contribution in [0, 0.1) is 11.7 Å². The van der Waals surface area contributed by atoms with Crippen LogP contribution in [0.15, 0.2) is 29.2 Å². The van der Waals surface area contributed by atoms with Crippen molar-refractivity contribution in [1.29, 1.82) is 0 Å². The first-order chi connectivity index (χ1) is 14.4. The van der Waals surface area contributed by atoms with Crippen LogP contribution in [0.25, 0.3) is 5.69 Å². The highest BCUT2D eigenvalue weighted by atomic mass is 32.1. The summed E-state index contributed by atoms with van der Waals surface area (Å²) in [7, 11) is 2.98. The van der Waals surface area contributed by atoms with E-state index in [0.29, 0.717) is 34.0 Å². The Hall–Kier alpha value is -3.37. The maximum atomic E-state index is 12.8. The first-order valence-electron chi connectivity index (χ1n) is 8.96. The predicted molar refractivity (Wildman–Crippen MR) is 109 cm³/mol. The Labute approximate surface area is 176 Å². The number of hydrogen-bond acceptors (Lipinski definition) is 8. The second-order valence-corrected chi connectivity index (χ2v) is 7.08. The molecule has 1 atom stereocenters. The molecule has 3 N–H and O–H groups in total. The van der Waals surface area contributed by atoms with Crippen LogP contribution < -0.4 is 15.0 Å². The molecule has 0 amide bonds. The maximum absolute atomic E-state index is 12.8. The van der Waals surface area contributed by atoms with Gasteiger partial charge in [0.25, 0.3) is 5.56 Å². The van der Waals surface area contributed by atoms with Crippen LogP contribution in [-0.2, 0) is 11.3 Å². The Morgan fingerprint density at radius 3 is 2.73 bits per heavy atom. The molecule has 4 rings (SSSR count).